The van der Waals surface area contributed by atoms with E-state index in [0.29, 0.717) is 22.4 Å². The van der Waals surface area contributed by atoms with Gasteiger partial charge >= 0.3 is 5.97 Å². The van der Waals surface area contributed by atoms with Crippen LogP contribution in [-0.2, 0) is 54.5 Å². The quantitative estimate of drug-likeness (QED) is 0.102. The molecule has 5 amide bonds. The molecule has 14 nitrogen and oxygen atoms in total. The lowest BCUT2D eigenvalue weighted by atomic mass is 9.99. The van der Waals surface area contributed by atoms with Crippen LogP contribution in [-0.4, -0.2) is 87.2 Å². The number of carboxylic acids is 1. The molecule has 60 heavy (non-hydrogen) atoms. The van der Waals surface area contributed by atoms with E-state index < -0.39 is 71.9 Å². The number of aryl methyl sites for hydroxylation is 1. The van der Waals surface area contributed by atoms with Crippen LogP contribution in [0.2, 0.25) is 0 Å². The van der Waals surface area contributed by atoms with Gasteiger partial charge in [0.05, 0.1) is 0 Å². The monoisotopic (exact) mass is 831 g/mol. The molecule has 0 fully saturated rings. The number of aliphatic hydroxyl groups is 2. The van der Waals surface area contributed by atoms with Crippen LogP contribution >= 0.6 is 11.3 Å². The first-order chi connectivity index (χ1) is 28.9. The van der Waals surface area contributed by atoms with Crippen molar-refractivity contribution in [3.8, 4) is 11.1 Å². The first-order valence-electron chi connectivity index (χ1n) is 19.3. The second-order valence-corrected chi connectivity index (χ2v) is 15.5. The van der Waals surface area contributed by atoms with Crippen molar-refractivity contribution in [2.75, 3.05) is 5.32 Å². The highest BCUT2D eigenvalue weighted by Crippen LogP contribution is 2.21. The molecule has 1 aromatic heterocycles. The number of hydrogen-bond donors (Lipinski definition) is 8. The van der Waals surface area contributed by atoms with Crippen molar-refractivity contribution in [2.24, 2.45) is 0 Å². The number of aliphatic carboxylic acids is 1. The first-order valence-corrected chi connectivity index (χ1v) is 20.2. The molecule has 0 spiro atoms. The van der Waals surface area contributed by atoms with Gasteiger partial charge in [-0.15, -0.1) is 11.3 Å². The van der Waals surface area contributed by atoms with E-state index in [1.54, 1.807) is 29.6 Å². The van der Waals surface area contributed by atoms with Crippen LogP contribution < -0.4 is 26.6 Å². The van der Waals surface area contributed by atoms with Crippen LogP contribution in [0.1, 0.15) is 28.0 Å². The zero-order chi connectivity index (χ0) is 42.6. The summed E-state index contributed by atoms with van der Waals surface area (Å²) in [5.74, 6) is -6.02. The minimum Gasteiger partial charge on any atom is -0.480 e. The summed E-state index contributed by atoms with van der Waals surface area (Å²) in [5.41, 5.74) is 4.02. The third-order valence-corrected chi connectivity index (χ3v) is 11.0. The Kier molecular flexibility index (Phi) is 14.5. The Morgan fingerprint density at radius 3 is 1.77 bits per heavy atom. The van der Waals surface area contributed by atoms with Gasteiger partial charge in [0.2, 0.25) is 17.7 Å². The van der Waals surface area contributed by atoms with E-state index in [1.165, 1.54) is 35.6 Å². The summed E-state index contributed by atoms with van der Waals surface area (Å²) in [6.07, 6.45) is -4.43. The predicted molar refractivity (Wildman–Crippen MR) is 225 cm³/mol. The average molecular weight is 832 g/mol. The fourth-order valence-electron chi connectivity index (χ4n) is 6.71. The zero-order valence-electron chi connectivity index (χ0n) is 32.3. The second-order valence-electron chi connectivity index (χ2n) is 14.4. The van der Waals surface area contributed by atoms with Crippen molar-refractivity contribution in [1.29, 1.82) is 0 Å². The number of anilines is 1. The summed E-state index contributed by atoms with van der Waals surface area (Å²) >= 11 is 1.30. The maximum atomic E-state index is 14.4. The molecule has 2 bridgehead atoms. The highest BCUT2D eigenvalue weighted by molar-refractivity contribution is 7.09. The van der Waals surface area contributed by atoms with Crippen LogP contribution in [0.3, 0.4) is 0 Å². The molecule has 15 heteroatoms. The number of carbonyl (C=O) groups is 6. The zero-order valence-corrected chi connectivity index (χ0v) is 33.1. The Bertz CT molecular complexity index is 2260. The highest BCUT2D eigenvalue weighted by atomic mass is 32.1. The Morgan fingerprint density at radius 1 is 0.567 bits per heavy atom. The number of carbonyl (C=O) groups excluding carboxylic acids is 5. The van der Waals surface area contributed by atoms with Crippen molar-refractivity contribution in [2.45, 2.75) is 68.5 Å². The lowest BCUT2D eigenvalue weighted by Crippen LogP contribution is -2.59. The lowest BCUT2D eigenvalue weighted by Gasteiger charge is -2.27. The van der Waals surface area contributed by atoms with Gasteiger partial charge in [-0.1, -0.05) is 103 Å². The fraction of sp³-hybridized carbons (Fsp3) is 0.244. The summed E-state index contributed by atoms with van der Waals surface area (Å²) in [7, 11) is 0. The van der Waals surface area contributed by atoms with Gasteiger partial charge in [-0.2, -0.15) is 0 Å². The number of nitrogens with one attached hydrogen (secondary N) is 5. The number of thiophene rings is 1. The van der Waals surface area contributed by atoms with E-state index in [1.807, 2.05) is 72.8 Å². The summed E-state index contributed by atoms with van der Waals surface area (Å²) in [4.78, 5) is 82.1. The standard InChI is InChI=1S/C45H45N5O9S/c51-38-39(52)44(57)49-36(26-33-12-7-23-60-33)42(55)48-35(24-28-13-18-31(19-14-28)30-10-5-2-6-11-30)41(54)47-34(22-17-27-8-3-1-4-9-27)40(53)50-37(45(58)59)25-29-15-20-32(21-16-29)46-43(38)56/h1-16,18-21,23,34-39,51-52H,17,22,24-26H2,(H,46,56)(H,47,54)(H,48,55)(H,49,57)(H,50,53)(H,58,59)/t34-,35+,36-,37+,38-,39-/m1/s1. The molecule has 0 aliphatic carbocycles. The van der Waals surface area contributed by atoms with E-state index >= 15 is 0 Å². The van der Waals surface area contributed by atoms with Gasteiger partial charge in [0.25, 0.3) is 11.8 Å². The van der Waals surface area contributed by atoms with E-state index in [4.69, 9.17) is 0 Å². The lowest BCUT2D eigenvalue weighted by molar-refractivity contribution is -0.145. The van der Waals surface area contributed by atoms with Crippen LogP contribution in [0.4, 0.5) is 5.69 Å². The third kappa shape index (κ3) is 11.7. The van der Waals surface area contributed by atoms with Crippen LogP contribution in [0.15, 0.2) is 127 Å². The van der Waals surface area contributed by atoms with Gasteiger partial charge < -0.3 is 41.9 Å². The molecule has 5 aromatic rings. The highest BCUT2D eigenvalue weighted by Gasteiger charge is 2.35. The maximum absolute atomic E-state index is 14.4. The largest absolute Gasteiger partial charge is 0.480 e. The molecule has 0 saturated heterocycles. The minimum absolute atomic E-state index is 0.0611. The number of fused-ring (bicyclic) bond motifs is 18. The van der Waals surface area contributed by atoms with Crippen molar-refractivity contribution in [3.63, 3.8) is 0 Å². The Hall–Kier alpha value is -6.68. The van der Waals surface area contributed by atoms with E-state index in [9.17, 15) is 44.1 Å². The molecular formula is C45H45N5O9S. The number of rotatable bonds is 9. The average Bonchev–Trinajstić information content (AvgIpc) is 3.78. The van der Waals surface area contributed by atoms with Crippen molar-refractivity contribution in [1.82, 2.24) is 21.3 Å². The van der Waals surface area contributed by atoms with Crippen molar-refractivity contribution < 1.29 is 44.1 Å². The van der Waals surface area contributed by atoms with E-state index in [-0.39, 0.29) is 31.4 Å². The molecule has 0 radical (unpaired) electrons. The van der Waals surface area contributed by atoms with Gasteiger partial charge in [-0.25, -0.2) is 4.79 Å². The number of aliphatic hydroxyl groups excluding tert-OH is 2. The molecule has 2 aliphatic rings. The normalized spacial score (nSPS) is 22.0. The van der Waals surface area contributed by atoms with E-state index in [2.05, 4.69) is 26.6 Å². The molecule has 6 atom stereocenters. The molecule has 0 unspecified atom stereocenters. The maximum Gasteiger partial charge on any atom is 0.326 e. The van der Waals surface area contributed by atoms with Crippen molar-refractivity contribution >= 4 is 52.5 Å². The molecule has 8 N–H and O–H groups in total. The summed E-state index contributed by atoms with van der Waals surface area (Å²) in [6, 6.07) is 30.2. The van der Waals surface area contributed by atoms with Crippen LogP contribution in [0.25, 0.3) is 11.1 Å². The predicted octanol–water partition coefficient (Wildman–Crippen LogP) is 2.77. The molecule has 3 heterocycles. The molecule has 7 rings (SSSR count). The smallest absolute Gasteiger partial charge is 0.326 e. The summed E-state index contributed by atoms with van der Waals surface area (Å²) in [6.45, 7) is 0. The van der Waals surface area contributed by atoms with Gasteiger partial charge in [0, 0.05) is 29.8 Å². The van der Waals surface area contributed by atoms with E-state index in [0.717, 1.165) is 16.7 Å². The third-order valence-electron chi connectivity index (χ3n) is 10.1. The molecule has 2 aliphatic heterocycles. The van der Waals surface area contributed by atoms with Gasteiger partial charge in [-0.3, -0.25) is 24.0 Å². The molecule has 4 aromatic carbocycles. The number of amides is 5. The molecule has 0 saturated carbocycles. The SMILES string of the molecule is O=C(O)[C@@H]1Cc2ccc(cc2)NC(=O)[C@H](O)[C@@H](O)C(=O)N[C@H](Cc2cccs2)C(=O)N[C@@H](Cc2ccc(-c3ccccc3)cc2)C(=O)N[C@H](CCc2ccccc2)C(=O)N1. The minimum atomic E-state index is -2.29. The number of benzene rings is 4. The van der Waals surface area contributed by atoms with Crippen LogP contribution in [0.5, 0.6) is 0 Å². The Morgan fingerprint density at radius 2 is 1.13 bits per heavy atom. The molecule has 310 valence electrons. The molecular weight excluding hydrogens is 787 g/mol. The van der Waals surface area contributed by atoms with Crippen LogP contribution in [0, 0.1) is 0 Å². The van der Waals surface area contributed by atoms with Gasteiger partial charge in [0.15, 0.2) is 12.2 Å². The number of hydrogen-bond acceptors (Lipinski definition) is 9. The fourth-order valence-corrected chi connectivity index (χ4v) is 7.46. The van der Waals surface area contributed by atoms with Gasteiger partial charge in [-0.05, 0) is 64.2 Å². The first kappa shape index (κ1) is 42.9. The topological polar surface area (TPSA) is 223 Å². The van der Waals surface area contributed by atoms with Gasteiger partial charge in [0.1, 0.15) is 24.2 Å². The van der Waals surface area contributed by atoms with Crippen molar-refractivity contribution in [3.05, 3.63) is 148 Å². The Labute approximate surface area is 350 Å². The summed E-state index contributed by atoms with van der Waals surface area (Å²) in [5, 5.41) is 46.4. The second kappa shape index (κ2) is 20.3. The summed E-state index contributed by atoms with van der Waals surface area (Å²) < 4.78 is 0. The number of carboxylic acid groups (broad SMARTS) is 1. The Balaban J connectivity index is 1.36.